The van der Waals surface area contributed by atoms with Crippen molar-refractivity contribution in [2.24, 2.45) is 0 Å². The summed E-state index contributed by atoms with van der Waals surface area (Å²) in [6.07, 6.45) is 0.541. The van der Waals surface area contributed by atoms with Crippen LogP contribution in [0.1, 0.15) is 35.8 Å². The molecule has 2 aromatic rings. The first-order valence-electron chi connectivity index (χ1n) is 6.90. The van der Waals surface area contributed by atoms with Crippen LogP contribution in [0.4, 0.5) is 19.1 Å². The van der Waals surface area contributed by atoms with E-state index in [1.54, 1.807) is 0 Å². The topological polar surface area (TPSA) is 80.7 Å². The van der Waals surface area contributed by atoms with Gasteiger partial charge in [0.1, 0.15) is 16.5 Å². The van der Waals surface area contributed by atoms with Gasteiger partial charge in [-0.1, -0.05) is 11.6 Å². The zero-order chi connectivity index (χ0) is 17.7. The van der Waals surface area contributed by atoms with Crippen molar-refractivity contribution in [2.45, 2.75) is 31.9 Å². The van der Waals surface area contributed by atoms with Crippen LogP contribution in [-0.2, 0) is 11.0 Å². The number of rotatable bonds is 3. The molecule has 6 nitrogen and oxygen atoms in total. The molecular formula is C14H13ClF3N5O. The maximum atomic E-state index is 12.1. The standard InChI is InChI=1S/C8H10N2.C6H3ClF3N3O/c1-6-4-5-9-8(10-6)7-2-3-7;7-4-3(6(8,9)10)1-11-5(13-4)12-2-14/h4-5,7H,2-3H2,1H3;1-2H,(H,11,12,13,14). The number of amides is 1. The molecule has 0 aliphatic heterocycles. The van der Waals surface area contributed by atoms with Crippen molar-refractivity contribution in [1.29, 1.82) is 0 Å². The number of hydrogen-bond acceptors (Lipinski definition) is 5. The Hall–Kier alpha value is -2.29. The fraction of sp³-hybridized carbons (Fsp3) is 0.357. The fourth-order valence-corrected chi connectivity index (χ4v) is 1.92. The van der Waals surface area contributed by atoms with E-state index in [4.69, 9.17) is 11.6 Å². The summed E-state index contributed by atoms with van der Waals surface area (Å²) in [5.41, 5.74) is -0.0625. The van der Waals surface area contributed by atoms with Crippen LogP contribution in [0.5, 0.6) is 0 Å². The number of anilines is 1. The number of halogens is 4. The van der Waals surface area contributed by atoms with E-state index in [-0.39, 0.29) is 12.4 Å². The summed E-state index contributed by atoms with van der Waals surface area (Å²) < 4.78 is 36.3. The average Bonchev–Trinajstić information content (AvgIpc) is 3.31. The van der Waals surface area contributed by atoms with Crippen LogP contribution in [0.15, 0.2) is 18.5 Å². The van der Waals surface area contributed by atoms with Crippen molar-refractivity contribution in [3.05, 3.63) is 40.7 Å². The summed E-state index contributed by atoms with van der Waals surface area (Å²) in [5.74, 6) is 1.44. The van der Waals surface area contributed by atoms with Gasteiger partial charge in [-0.15, -0.1) is 0 Å². The number of nitrogens with one attached hydrogen (secondary N) is 1. The molecule has 128 valence electrons. The molecule has 0 saturated heterocycles. The van der Waals surface area contributed by atoms with E-state index in [1.807, 2.05) is 24.5 Å². The summed E-state index contributed by atoms with van der Waals surface area (Å²) >= 11 is 5.22. The van der Waals surface area contributed by atoms with E-state index in [0.29, 0.717) is 12.1 Å². The largest absolute Gasteiger partial charge is 0.420 e. The number of aryl methyl sites for hydroxylation is 1. The molecule has 0 unspecified atom stereocenters. The summed E-state index contributed by atoms with van der Waals surface area (Å²) in [4.78, 5) is 24.9. The Morgan fingerprint density at radius 1 is 1.29 bits per heavy atom. The second-order valence-electron chi connectivity index (χ2n) is 4.99. The van der Waals surface area contributed by atoms with Crippen molar-refractivity contribution < 1.29 is 18.0 Å². The SMILES string of the molecule is Cc1ccnc(C2CC2)n1.O=CNc1ncc(C(F)(F)F)c(Cl)n1. The Bertz CT molecular complexity index is 722. The van der Waals surface area contributed by atoms with Gasteiger partial charge in [0, 0.05) is 24.0 Å². The maximum absolute atomic E-state index is 12.1. The van der Waals surface area contributed by atoms with E-state index in [9.17, 15) is 18.0 Å². The van der Waals surface area contributed by atoms with Gasteiger partial charge in [0.05, 0.1) is 0 Å². The van der Waals surface area contributed by atoms with E-state index in [1.165, 1.54) is 12.8 Å². The highest BCUT2D eigenvalue weighted by atomic mass is 35.5. The van der Waals surface area contributed by atoms with Gasteiger partial charge in [-0.3, -0.25) is 10.1 Å². The molecule has 1 aliphatic carbocycles. The van der Waals surface area contributed by atoms with Gasteiger partial charge < -0.3 is 0 Å². The number of alkyl halides is 3. The Morgan fingerprint density at radius 3 is 2.50 bits per heavy atom. The van der Waals surface area contributed by atoms with Crippen molar-refractivity contribution in [3.63, 3.8) is 0 Å². The Morgan fingerprint density at radius 2 is 2.00 bits per heavy atom. The molecule has 24 heavy (non-hydrogen) atoms. The lowest BCUT2D eigenvalue weighted by Gasteiger charge is -2.07. The maximum Gasteiger partial charge on any atom is 0.420 e. The van der Waals surface area contributed by atoms with Crippen LogP contribution < -0.4 is 5.32 Å². The van der Waals surface area contributed by atoms with Crippen LogP contribution in [0, 0.1) is 6.92 Å². The van der Waals surface area contributed by atoms with Crippen LogP contribution >= 0.6 is 11.6 Å². The Kier molecular flexibility index (Phi) is 5.66. The van der Waals surface area contributed by atoms with Crippen molar-refractivity contribution in [1.82, 2.24) is 19.9 Å². The molecule has 1 aliphatic rings. The highest BCUT2D eigenvalue weighted by Crippen LogP contribution is 2.37. The van der Waals surface area contributed by atoms with Crippen LogP contribution in [-0.4, -0.2) is 26.3 Å². The number of aromatic nitrogens is 4. The normalized spacial score (nSPS) is 13.7. The Balaban J connectivity index is 0.000000182. The summed E-state index contributed by atoms with van der Waals surface area (Å²) in [6.45, 7) is 2.01. The third-order valence-electron chi connectivity index (χ3n) is 2.99. The molecule has 3 rings (SSSR count). The highest BCUT2D eigenvalue weighted by molar-refractivity contribution is 6.30. The van der Waals surface area contributed by atoms with Gasteiger partial charge in [-0.25, -0.2) is 19.9 Å². The van der Waals surface area contributed by atoms with Crippen LogP contribution in [0.3, 0.4) is 0 Å². The van der Waals surface area contributed by atoms with E-state index in [0.717, 1.165) is 11.5 Å². The van der Waals surface area contributed by atoms with E-state index in [2.05, 4.69) is 19.9 Å². The predicted molar refractivity (Wildman–Crippen MR) is 80.5 cm³/mol. The number of carbonyl (C=O) groups excluding carboxylic acids is 1. The molecule has 1 fully saturated rings. The quantitative estimate of drug-likeness (QED) is 0.671. The lowest BCUT2D eigenvalue weighted by atomic mass is 10.3. The van der Waals surface area contributed by atoms with Crippen LogP contribution in [0.25, 0.3) is 0 Å². The summed E-state index contributed by atoms with van der Waals surface area (Å²) in [7, 11) is 0. The second-order valence-corrected chi connectivity index (χ2v) is 5.35. The zero-order valence-electron chi connectivity index (χ0n) is 12.5. The van der Waals surface area contributed by atoms with Gasteiger partial charge in [-0.05, 0) is 25.8 Å². The molecule has 2 heterocycles. The third-order valence-corrected chi connectivity index (χ3v) is 3.28. The molecule has 1 N–H and O–H groups in total. The molecule has 0 radical (unpaired) electrons. The first-order chi connectivity index (χ1) is 11.3. The minimum absolute atomic E-state index is 0.235. The summed E-state index contributed by atoms with van der Waals surface area (Å²) in [6, 6.07) is 1.94. The molecule has 2 aromatic heterocycles. The Labute approximate surface area is 140 Å². The summed E-state index contributed by atoms with van der Waals surface area (Å²) in [5, 5.41) is 1.22. The number of hydrogen-bond donors (Lipinski definition) is 1. The van der Waals surface area contributed by atoms with Crippen molar-refractivity contribution >= 4 is 24.0 Å². The van der Waals surface area contributed by atoms with Crippen molar-refractivity contribution in [2.75, 3.05) is 5.32 Å². The molecule has 1 amide bonds. The monoisotopic (exact) mass is 359 g/mol. The minimum atomic E-state index is -4.60. The molecule has 1 saturated carbocycles. The molecule has 0 spiro atoms. The van der Waals surface area contributed by atoms with Crippen molar-refractivity contribution in [3.8, 4) is 0 Å². The smallest absolute Gasteiger partial charge is 0.297 e. The van der Waals surface area contributed by atoms with Gasteiger partial charge in [0.2, 0.25) is 12.4 Å². The molecule has 0 bridgehead atoms. The third kappa shape index (κ3) is 5.12. The minimum Gasteiger partial charge on any atom is -0.297 e. The highest BCUT2D eigenvalue weighted by Gasteiger charge is 2.34. The van der Waals surface area contributed by atoms with Gasteiger partial charge in [0.15, 0.2) is 0 Å². The molecular weight excluding hydrogens is 347 g/mol. The molecule has 0 aromatic carbocycles. The van der Waals surface area contributed by atoms with Gasteiger partial charge in [-0.2, -0.15) is 13.2 Å². The number of nitrogens with zero attached hydrogens (tertiary/aromatic N) is 4. The first-order valence-corrected chi connectivity index (χ1v) is 7.28. The predicted octanol–water partition coefficient (Wildman–Crippen LogP) is 3.38. The average molecular weight is 360 g/mol. The van der Waals surface area contributed by atoms with E-state index < -0.39 is 16.9 Å². The second kappa shape index (κ2) is 7.52. The first kappa shape index (κ1) is 18.1. The molecule has 10 heteroatoms. The van der Waals surface area contributed by atoms with E-state index >= 15 is 0 Å². The fourth-order valence-electron chi connectivity index (χ4n) is 1.68. The lowest BCUT2D eigenvalue weighted by molar-refractivity contribution is -0.137. The zero-order valence-corrected chi connectivity index (χ0v) is 13.3. The lowest BCUT2D eigenvalue weighted by Crippen LogP contribution is -2.09. The number of carbonyl (C=O) groups is 1. The van der Waals surface area contributed by atoms with Gasteiger partial charge >= 0.3 is 6.18 Å². The molecule has 0 atom stereocenters. The van der Waals surface area contributed by atoms with Crippen LogP contribution in [0.2, 0.25) is 5.15 Å². The van der Waals surface area contributed by atoms with Gasteiger partial charge in [0.25, 0.3) is 0 Å².